The first-order valence-electron chi connectivity index (χ1n) is 12.1. The van der Waals surface area contributed by atoms with Crippen LogP contribution < -0.4 is 10.2 Å². The van der Waals surface area contributed by atoms with Crippen LogP contribution in [0.3, 0.4) is 0 Å². The maximum atomic E-state index is 12.9. The van der Waals surface area contributed by atoms with Crippen molar-refractivity contribution in [1.82, 2.24) is 15.2 Å². The molecule has 2 unspecified atom stereocenters. The lowest BCUT2D eigenvalue weighted by molar-refractivity contribution is -0.132. The van der Waals surface area contributed by atoms with Crippen LogP contribution >= 0.6 is 11.6 Å². The Morgan fingerprint density at radius 2 is 2.00 bits per heavy atom. The van der Waals surface area contributed by atoms with Crippen molar-refractivity contribution in [3.05, 3.63) is 71.7 Å². The highest BCUT2D eigenvalue weighted by Crippen LogP contribution is 2.31. The molecule has 1 fully saturated rings. The lowest BCUT2D eigenvalue weighted by Gasteiger charge is -2.41. The van der Waals surface area contributed by atoms with E-state index in [9.17, 15) is 14.4 Å². The van der Waals surface area contributed by atoms with Crippen molar-refractivity contribution in [2.75, 3.05) is 24.5 Å². The summed E-state index contributed by atoms with van der Waals surface area (Å²) in [6.07, 6.45) is 10.6. The van der Waals surface area contributed by atoms with E-state index in [1.807, 2.05) is 47.5 Å². The predicted molar refractivity (Wildman–Crippen MR) is 144 cm³/mol. The predicted octanol–water partition coefficient (Wildman–Crippen LogP) is 3.15. The molecule has 0 aliphatic carbocycles. The maximum Gasteiger partial charge on any atom is 0.231 e. The van der Waals surface area contributed by atoms with Gasteiger partial charge in [-0.25, -0.2) is 4.99 Å². The molecule has 5 rings (SSSR count). The zero-order valence-electron chi connectivity index (χ0n) is 20.6. The highest BCUT2D eigenvalue weighted by atomic mass is 35.5. The van der Waals surface area contributed by atoms with Crippen LogP contribution in [0.25, 0.3) is 0 Å². The number of allylic oxidation sites excluding steroid dienone is 1. The summed E-state index contributed by atoms with van der Waals surface area (Å²) in [4.78, 5) is 50.8. The largest absolute Gasteiger partial charge is 0.365 e. The van der Waals surface area contributed by atoms with Gasteiger partial charge in [0.25, 0.3) is 0 Å². The minimum Gasteiger partial charge on any atom is -0.365 e. The number of carbonyl (C=O) groups excluding carboxylic acids is 3. The third-order valence-corrected chi connectivity index (χ3v) is 6.76. The first-order valence-corrected chi connectivity index (χ1v) is 12.5. The maximum absolute atomic E-state index is 12.9. The molecule has 2 atom stereocenters. The van der Waals surface area contributed by atoms with E-state index in [1.54, 1.807) is 18.7 Å². The van der Waals surface area contributed by atoms with Crippen LogP contribution in [-0.4, -0.2) is 65.7 Å². The fourth-order valence-electron chi connectivity index (χ4n) is 4.52. The number of nitrogens with one attached hydrogen (secondary N) is 1. The first-order chi connectivity index (χ1) is 17.9. The van der Waals surface area contributed by atoms with Crippen LogP contribution in [0.1, 0.15) is 31.7 Å². The lowest BCUT2D eigenvalue weighted by Crippen LogP contribution is -2.54. The summed E-state index contributed by atoms with van der Waals surface area (Å²) in [7, 11) is 0. The lowest BCUT2D eigenvalue weighted by atomic mass is 9.88. The number of hydrogen-bond donors (Lipinski definition) is 1. The van der Waals surface area contributed by atoms with Gasteiger partial charge < -0.3 is 15.1 Å². The molecule has 1 aromatic heterocycles. The van der Waals surface area contributed by atoms with Gasteiger partial charge in [-0.05, 0) is 49.8 Å². The molecule has 0 bridgehead atoms. The van der Waals surface area contributed by atoms with Gasteiger partial charge in [0, 0.05) is 73.2 Å². The summed E-state index contributed by atoms with van der Waals surface area (Å²) in [5.41, 5.74) is 1.52. The van der Waals surface area contributed by atoms with E-state index in [0.717, 1.165) is 22.8 Å². The molecule has 2 amide bonds. The molecule has 3 aliphatic rings. The third-order valence-electron chi connectivity index (χ3n) is 6.51. The topological polar surface area (TPSA) is 107 Å². The van der Waals surface area contributed by atoms with Crippen molar-refractivity contribution in [2.45, 2.75) is 37.8 Å². The quantitative estimate of drug-likeness (QED) is 0.609. The van der Waals surface area contributed by atoms with Crippen LogP contribution in [0.15, 0.2) is 71.1 Å². The Morgan fingerprint density at radius 3 is 2.59 bits per heavy atom. The van der Waals surface area contributed by atoms with Gasteiger partial charge in [-0.3, -0.25) is 24.4 Å². The number of ketones is 1. The number of benzene rings is 1. The summed E-state index contributed by atoms with van der Waals surface area (Å²) in [6.45, 7) is 4.38. The zero-order valence-corrected chi connectivity index (χ0v) is 21.3. The summed E-state index contributed by atoms with van der Waals surface area (Å²) in [5.74, 6) is -0.197. The van der Waals surface area contributed by atoms with Gasteiger partial charge in [0.1, 0.15) is 11.9 Å². The van der Waals surface area contributed by atoms with E-state index < -0.39 is 5.54 Å². The molecule has 192 valence electrons. The van der Waals surface area contributed by atoms with Crippen molar-refractivity contribution >= 4 is 47.4 Å². The van der Waals surface area contributed by atoms with Gasteiger partial charge in [-0.2, -0.15) is 0 Å². The van der Waals surface area contributed by atoms with E-state index in [2.05, 4.69) is 32.1 Å². The fourth-order valence-corrected chi connectivity index (χ4v) is 4.65. The Hall–Kier alpha value is -3.85. The summed E-state index contributed by atoms with van der Waals surface area (Å²) in [5, 5.41) is 3.10. The number of rotatable bonds is 5. The fraction of sp³-hybridized carbons (Fsp3) is 0.333. The van der Waals surface area contributed by atoms with Crippen LogP contribution in [-0.2, 0) is 19.9 Å². The molecule has 1 saturated heterocycles. The summed E-state index contributed by atoms with van der Waals surface area (Å²) >= 11 is 6.00. The molecule has 4 heterocycles. The second-order valence-corrected chi connectivity index (χ2v) is 9.53. The Balaban J connectivity index is 0.000000342. The number of nitrogens with zero attached hydrogens (tertiary/aromatic N) is 5. The van der Waals surface area contributed by atoms with Crippen molar-refractivity contribution < 1.29 is 14.4 Å². The minimum atomic E-state index is -0.583. The SMILES string of the molecule is CC1CN(C(=O)CCC2(c3cccnc3)C=NC=N2)CCN1c1ccc(Cl)cc1.O=C1C=CNC(=O)C1. The van der Waals surface area contributed by atoms with Crippen LogP contribution in [0.5, 0.6) is 0 Å². The molecule has 37 heavy (non-hydrogen) atoms. The Bertz CT molecular complexity index is 1200. The van der Waals surface area contributed by atoms with Crippen molar-refractivity contribution in [1.29, 1.82) is 0 Å². The molecule has 1 aromatic carbocycles. The number of pyridine rings is 1. The second kappa shape index (κ2) is 11.9. The normalized spacial score (nSPS) is 22.5. The second-order valence-electron chi connectivity index (χ2n) is 9.09. The molecule has 1 N–H and O–H groups in total. The van der Waals surface area contributed by atoms with E-state index in [1.165, 1.54) is 12.3 Å². The number of amides is 2. The van der Waals surface area contributed by atoms with Gasteiger partial charge in [0.2, 0.25) is 11.8 Å². The number of piperazine rings is 1. The molecular weight excluding hydrogens is 492 g/mol. The number of hydrogen-bond acceptors (Lipinski definition) is 7. The van der Waals surface area contributed by atoms with Crippen molar-refractivity contribution in [3.8, 4) is 0 Å². The zero-order chi connectivity index (χ0) is 26.3. The van der Waals surface area contributed by atoms with Gasteiger partial charge in [-0.1, -0.05) is 17.7 Å². The van der Waals surface area contributed by atoms with Crippen molar-refractivity contribution in [2.24, 2.45) is 9.98 Å². The Labute approximate surface area is 220 Å². The molecular formula is C27H29ClN6O3. The summed E-state index contributed by atoms with van der Waals surface area (Å²) < 4.78 is 0. The van der Waals surface area contributed by atoms with Gasteiger partial charge in [0.15, 0.2) is 5.78 Å². The number of anilines is 1. The van der Waals surface area contributed by atoms with E-state index in [-0.39, 0.29) is 30.1 Å². The molecule has 2 aromatic rings. The minimum absolute atomic E-state index is 0.00347. The number of aliphatic imine (C=N–C) groups is 2. The average molecular weight is 521 g/mol. The molecule has 0 radical (unpaired) electrons. The van der Waals surface area contributed by atoms with E-state index in [0.29, 0.717) is 25.9 Å². The smallest absolute Gasteiger partial charge is 0.231 e. The van der Waals surface area contributed by atoms with Gasteiger partial charge >= 0.3 is 0 Å². The van der Waals surface area contributed by atoms with Crippen LogP contribution in [0.4, 0.5) is 5.69 Å². The highest BCUT2D eigenvalue weighted by Gasteiger charge is 2.34. The standard InChI is InChI=1S/C22H24ClN5O.C5H5NO2/c1-17-14-27(11-12-28(17)20-6-4-19(23)5-7-20)21(29)8-9-22(15-25-16-26-22)18-3-2-10-24-13-18;7-4-1-2-6-5(8)3-4/h2-7,10,13,15-17H,8-9,11-12,14H2,1H3;1-2H,3H2,(H,6,8). The van der Waals surface area contributed by atoms with Gasteiger partial charge in [-0.15, -0.1) is 0 Å². The molecule has 0 saturated carbocycles. The number of carbonyl (C=O) groups is 3. The molecule has 3 aliphatic heterocycles. The van der Waals surface area contributed by atoms with E-state index >= 15 is 0 Å². The Morgan fingerprint density at radius 1 is 1.19 bits per heavy atom. The molecule has 10 heteroatoms. The van der Waals surface area contributed by atoms with Crippen LogP contribution in [0, 0.1) is 0 Å². The summed E-state index contributed by atoms with van der Waals surface area (Å²) in [6, 6.07) is 12.0. The van der Waals surface area contributed by atoms with Crippen LogP contribution in [0.2, 0.25) is 5.02 Å². The van der Waals surface area contributed by atoms with E-state index in [4.69, 9.17) is 11.6 Å². The van der Waals surface area contributed by atoms with Crippen molar-refractivity contribution in [3.63, 3.8) is 0 Å². The monoisotopic (exact) mass is 520 g/mol. The average Bonchev–Trinajstić information content (AvgIpc) is 3.39. The first kappa shape index (κ1) is 26.2. The highest BCUT2D eigenvalue weighted by molar-refractivity contribution is 6.30. The number of halogens is 1. The molecule has 0 spiro atoms. The third kappa shape index (κ3) is 6.68. The number of aromatic nitrogens is 1. The van der Waals surface area contributed by atoms with Gasteiger partial charge in [0.05, 0.1) is 6.42 Å². The Kier molecular flexibility index (Phi) is 8.45. The molecule has 9 nitrogen and oxygen atoms in total.